The summed E-state index contributed by atoms with van der Waals surface area (Å²) in [7, 11) is -3.85. The fourth-order valence-corrected chi connectivity index (χ4v) is 4.70. The molecule has 202 valence electrons. The zero-order valence-electron chi connectivity index (χ0n) is 21.5. The van der Waals surface area contributed by atoms with Crippen molar-refractivity contribution in [2.24, 2.45) is 11.7 Å². The molecule has 0 spiro atoms. The molecule has 4 N–H and O–H groups in total. The summed E-state index contributed by atoms with van der Waals surface area (Å²) in [5.41, 5.74) is 8.49. The second kappa shape index (κ2) is 13.9. The lowest BCUT2D eigenvalue weighted by Gasteiger charge is -2.24. The Kier molecular flexibility index (Phi) is 11.3. The predicted octanol–water partition coefficient (Wildman–Crippen LogP) is 3.65. The maximum atomic E-state index is 13.1. The number of esters is 1. The van der Waals surface area contributed by atoms with Crippen LogP contribution in [0.15, 0.2) is 54.6 Å². The number of nitrogens with one attached hydrogen (secondary N) is 1. The number of benzene rings is 2. The van der Waals surface area contributed by atoms with Crippen molar-refractivity contribution < 1.29 is 38.1 Å². The molecule has 0 aliphatic heterocycles. The summed E-state index contributed by atoms with van der Waals surface area (Å²) in [4.78, 5) is 47.2. The van der Waals surface area contributed by atoms with Crippen LogP contribution in [0.5, 0.6) is 0 Å². The fourth-order valence-electron chi connectivity index (χ4n) is 3.44. The van der Waals surface area contributed by atoms with E-state index in [1.807, 2.05) is 54.6 Å². The highest BCUT2D eigenvalue weighted by Crippen LogP contribution is 2.46. The molecule has 37 heavy (non-hydrogen) atoms. The molecule has 0 aliphatic carbocycles. The van der Waals surface area contributed by atoms with Gasteiger partial charge in [0.05, 0.1) is 18.3 Å². The molecular formula is C26H35N2O8P. The fraction of sp³-hybridized carbons (Fsp3) is 0.423. The van der Waals surface area contributed by atoms with Crippen molar-refractivity contribution in [2.75, 3.05) is 12.8 Å². The number of nitrogens with two attached hydrogens (primary N) is 1. The first-order chi connectivity index (χ1) is 17.4. The van der Waals surface area contributed by atoms with Gasteiger partial charge in [-0.1, -0.05) is 54.6 Å². The summed E-state index contributed by atoms with van der Waals surface area (Å²) in [6, 6.07) is 16.2. The molecule has 0 saturated heterocycles. The van der Waals surface area contributed by atoms with Gasteiger partial charge < -0.3 is 30.2 Å². The van der Waals surface area contributed by atoms with Crippen molar-refractivity contribution in [2.45, 2.75) is 52.2 Å². The Bertz CT molecular complexity index is 1090. The van der Waals surface area contributed by atoms with E-state index in [9.17, 15) is 23.8 Å². The van der Waals surface area contributed by atoms with Crippen molar-refractivity contribution in [3.8, 4) is 11.1 Å². The van der Waals surface area contributed by atoms with Crippen molar-refractivity contribution >= 4 is 25.4 Å². The highest BCUT2D eigenvalue weighted by atomic mass is 31.2. The van der Waals surface area contributed by atoms with Crippen molar-refractivity contribution in [1.29, 1.82) is 0 Å². The molecule has 0 saturated carbocycles. The minimum absolute atomic E-state index is 0.0957. The van der Waals surface area contributed by atoms with Crippen LogP contribution < -0.4 is 11.1 Å². The van der Waals surface area contributed by atoms with E-state index in [4.69, 9.17) is 15.2 Å². The van der Waals surface area contributed by atoms with E-state index < -0.39 is 49.4 Å². The molecule has 0 fully saturated rings. The van der Waals surface area contributed by atoms with E-state index in [1.54, 1.807) is 6.92 Å². The molecule has 11 heteroatoms. The summed E-state index contributed by atoms with van der Waals surface area (Å²) in [5.74, 6) is -3.42. The molecule has 0 aromatic heterocycles. The molecule has 0 radical (unpaired) electrons. The molecule has 0 aliphatic rings. The highest BCUT2D eigenvalue weighted by Gasteiger charge is 2.33. The smallest absolute Gasteiger partial charge is 0.435 e. The van der Waals surface area contributed by atoms with Crippen LogP contribution in [-0.2, 0) is 34.8 Å². The number of carbonyl (C=O) groups is 3. The Morgan fingerprint density at radius 3 is 2.14 bits per heavy atom. The number of amides is 1. The average Bonchev–Trinajstić information content (AvgIpc) is 2.84. The zero-order valence-corrected chi connectivity index (χ0v) is 22.4. The molecular weight excluding hydrogens is 499 g/mol. The number of hydrogen-bond acceptors (Lipinski definition) is 8. The standard InChI is InChI=1S/C26H35N2O8P/c1-5-34-26(31)36-19(4)35-25(30)17(2)28-24(29)23(16-37(32,33)18(3)27)15-20-11-13-22(14-12-20)21-9-7-6-8-10-21/h6-14,17-19,23H,5,15-16,27H2,1-4H3,(H,28,29)(H,32,33)/t17?,18?,19?,23-/m1/s1. The topological polar surface area (TPSA) is 154 Å². The molecule has 2 aromatic rings. The predicted molar refractivity (Wildman–Crippen MR) is 139 cm³/mol. The lowest BCUT2D eigenvalue weighted by atomic mass is 9.97. The third kappa shape index (κ3) is 9.64. The number of ether oxygens (including phenoxy) is 3. The third-order valence-electron chi connectivity index (χ3n) is 5.55. The molecule has 4 unspecified atom stereocenters. The minimum Gasteiger partial charge on any atom is -0.435 e. The van der Waals surface area contributed by atoms with Crippen LogP contribution >= 0.6 is 7.37 Å². The van der Waals surface area contributed by atoms with Gasteiger partial charge in [0.2, 0.25) is 19.6 Å². The summed E-state index contributed by atoms with van der Waals surface area (Å²) < 4.78 is 27.1. The number of hydrogen-bond donors (Lipinski definition) is 3. The summed E-state index contributed by atoms with van der Waals surface area (Å²) in [6.45, 7) is 5.83. The van der Waals surface area contributed by atoms with Gasteiger partial charge in [-0.05, 0) is 43.9 Å². The summed E-state index contributed by atoms with van der Waals surface area (Å²) in [5, 5.41) is 2.52. The Morgan fingerprint density at radius 2 is 1.57 bits per heavy atom. The number of carbonyl (C=O) groups excluding carboxylic acids is 3. The maximum Gasteiger partial charge on any atom is 0.511 e. The Morgan fingerprint density at radius 1 is 0.973 bits per heavy atom. The van der Waals surface area contributed by atoms with E-state index in [1.165, 1.54) is 20.8 Å². The minimum atomic E-state index is -3.85. The first-order valence-electron chi connectivity index (χ1n) is 12.0. The van der Waals surface area contributed by atoms with Gasteiger partial charge in [-0.3, -0.25) is 9.36 Å². The van der Waals surface area contributed by atoms with Gasteiger partial charge in [0.1, 0.15) is 6.04 Å². The van der Waals surface area contributed by atoms with Gasteiger partial charge in [-0.25, -0.2) is 9.59 Å². The molecule has 10 nitrogen and oxygen atoms in total. The van der Waals surface area contributed by atoms with Crippen LogP contribution in [0.25, 0.3) is 11.1 Å². The van der Waals surface area contributed by atoms with Crippen LogP contribution in [0.2, 0.25) is 0 Å². The van der Waals surface area contributed by atoms with Crippen LogP contribution in [0, 0.1) is 5.92 Å². The average molecular weight is 535 g/mol. The van der Waals surface area contributed by atoms with Crippen LogP contribution in [0.4, 0.5) is 4.79 Å². The van der Waals surface area contributed by atoms with Crippen LogP contribution in [-0.4, -0.2) is 53.8 Å². The summed E-state index contributed by atoms with van der Waals surface area (Å²) >= 11 is 0. The van der Waals surface area contributed by atoms with E-state index in [2.05, 4.69) is 10.1 Å². The van der Waals surface area contributed by atoms with Gasteiger partial charge in [-0.2, -0.15) is 0 Å². The van der Waals surface area contributed by atoms with E-state index in [-0.39, 0.29) is 19.2 Å². The zero-order chi connectivity index (χ0) is 27.6. The van der Waals surface area contributed by atoms with Crippen molar-refractivity contribution in [3.05, 3.63) is 60.2 Å². The normalized spacial score (nSPS) is 15.8. The van der Waals surface area contributed by atoms with Gasteiger partial charge in [0.15, 0.2) is 0 Å². The van der Waals surface area contributed by atoms with Gasteiger partial charge in [-0.15, -0.1) is 0 Å². The van der Waals surface area contributed by atoms with Gasteiger partial charge >= 0.3 is 12.1 Å². The van der Waals surface area contributed by atoms with Crippen LogP contribution in [0.1, 0.15) is 33.3 Å². The monoisotopic (exact) mass is 534 g/mol. The quantitative estimate of drug-likeness (QED) is 0.210. The molecule has 0 bridgehead atoms. The molecule has 2 rings (SSSR count). The second-order valence-electron chi connectivity index (χ2n) is 8.68. The molecule has 0 heterocycles. The Hall–Kier alpha value is -3.20. The van der Waals surface area contributed by atoms with E-state index in [0.29, 0.717) is 0 Å². The first-order valence-corrected chi connectivity index (χ1v) is 13.9. The first kappa shape index (κ1) is 30.0. The highest BCUT2D eigenvalue weighted by molar-refractivity contribution is 7.58. The van der Waals surface area contributed by atoms with Crippen LogP contribution in [0.3, 0.4) is 0 Å². The molecule has 2 aromatic carbocycles. The lowest BCUT2D eigenvalue weighted by Crippen LogP contribution is -2.45. The summed E-state index contributed by atoms with van der Waals surface area (Å²) in [6.07, 6.45) is -2.43. The Labute approximate surface area is 216 Å². The largest absolute Gasteiger partial charge is 0.511 e. The van der Waals surface area contributed by atoms with Crippen molar-refractivity contribution in [1.82, 2.24) is 5.32 Å². The SMILES string of the molecule is CCOC(=O)OC(C)OC(=O)C(C)NC(=O)[C@H](Cc1ccc(-c2ccccc2)cc1)CP(=O)(O)C(C)N. The molecule has 5 atom stereocenters. The third-order valence-corrected chi connectivity index (χ3v) is 7.79. The van der Waals surface area contributed by atoms with Gasteiger partial charge in [0, 0.05) is 13.1 Å². The van der Waals surface area contributed by atoms with E-state index >= 15 is 0 Å². The van der Waals surface area contributed by atoms with Crippen molar-refractivity contribution in [3.63, 3.8) is 0 Å². The lowest BCUT2D eigenvalue weighted by molar-refractivity contribution is -0.170. The van der Waals surface area contributed by atoms with E-state index in [0.717, 1.165) is 16.7 Å². The molecule has 1 amide bonds. The van der Waals surface area contributed by atoms with Gasteiger partial charge in [0.25, 0.3) is 0 Å². The Balaban J connectivity index is 2.10. The second-order valence-corrected chi connectivity index (χ2v) is 11.4. The number of rotatable bonds is 12. The maximum absolute atomic E-state index is 13.1.